The zero-order valence-electron chi connectivity index (χ0n) is 12.2. The summed E-state index contributed by atoms with van der Waals surface area (Å²) in [6.07, 6.45) is 1.73. The van der Waals surface area contributed by atoms with E-state index in [1.54, 1.807) is 31.5 Å². The van der Waals surface area contributed by atoms with Gasteiger partial charge in [-0.15, -0.1) is 0 Å². The van der Waals surface area contributed by atoms with E-state index in [0.29, 0.717) is 19.0 Å². The van der Waals surface area contributed by atoms with Gasteiger partial charge in [0.05, 0.1) is 6.61 Å². The summed E-state index contributed by atoms with van der Waals surface area (Å²) in [5.41, 5.74) is 1.91. The van der Waals surface area contributed by atoms with Gasteiger partial charge >= 0.3 is 0 Å². The minimum absolute atomic E-state index is 0.180. The lowest BCUT2D eigenvalue weighted by molar-refractivity contribution is 0.199. The van der Waals surface area contributed by atoms with Crippen LogP contribution in [-0.4, -0.2) is 25.2 Å². The van der Waals surface area contributed by atoms with Crippen LogP contribution in [0.25, 0.3) is 0 Å². The highest BCUT2D eigenvalue weighted by Crippen LogP contribution is 2.25. The molecule has 0 amide bonds. The molecule has 2 rings (SSSR count). The summed E-state index contributed by atoms with van der Waals surface area (Å²) in [6.45, 7) is 4.04. The first-order valence-electron chi connectivity index (χ1n) is 6.78. The molecule has 0 atom stereocenters. The summed E-state index contributed by atoms with van der Waals surface area (Å²) in [5, 5.41) is 3.24. The first kappa shape index (κ1) is 15.4. The van der Waals surface area contributed by atoms with Crippen LogP contribution in [0.3, 0.4) is 0 Å². The first-order chi connectivity index (χ1) is 10.2. The van der Waals surface area contributed by atoms with Crippen LogP contribution in [0.5, 0.6) is 11.6 Å². The van der Waals surface area contributed by atoms with Crippen molar-refractivity contribution in [2.45, 2.75) is 13.5 Å². The fourth-order valence-corrected chi connectivity index (χ4v) is 1.86. The number of pyridine rings is 1. The van der Waals surface area contributed by atoms with Crippen LogP contribution in [-0.2, 0) is 11.3 Å². The smallest absolute Gasteiger partial charge is 0.222 e. The van der Waals surface area contributed by atoms with E-state index in [0.717, 1.165) is 17.7 Å². The maximum atomic E-state index is 13.6. The molecule has 0 aliphatic heterocycles. The molecule has 112 valence electrons. The molecule has 0 saturated heterocycles. The Morgan fingerprint density at radius 2 is 2.10 bits per heavy atom. The highest BCUT2D eigenvalue weighted by molar-refractivity contribution is 5.34. The van der Waals surface area contributed by atoms with Crippen LogP contribution in [0.4, 0.5) is 4.39 Å². The van der Waals surface area contributed by atoms with Gasteiger partial charge in [0.2, 0.25) is 5.88 Å². The highest BCUT2D eigenvalue weighted by atomic mass is 19.1. The Bertz CT molecular complexity index is 590. The van der Waals surface area contributed by atoms with E-state index < -0.39 is 5.82 Å². The van der Waals surface area contributed by atoms with Crippen LogP contribution in [0.1, 0.15) is 11.1 Å². The molecule has 0 radical (unpaired) electrons. The lowest BCUT2D eigenvalue weighted by Gasteiger charge is -2.10. The number of para-hydroxylation sites is 1. The number of rotatable bonds is 7. The summed E-state index contributed by atoms with van der Waals surface area (Å²) < 4.78 is 24.0. The largest absolute Gasteiger partial charge is 0.436 e. The molecule has 0 aliphatic rings. The van der Waals surface area contributed by atoms with Crippen LogP contribution < -0.4 is 10.1 Å². The van der Waals surface area contributed by atoms with Crippen LogP contribution >= 0.6 is 0 Å². The molecule has 1 heterocycles. The molecule has 2 aromatic rings. The van der Waals surface area contributed by atoms with Gasteiger partial charge in [-0.05, 0) is 30.7 Å². The van der Waals surface area contributed by atoms with Gasteiger partial charge in [0, 0.05) is 32.0 Å². The molecule has 0 saturated carbocycles. The number of hydrogen-bond acceptors (Lipinski definition) is 4. The molecule has 0 fully saturated rings. The maximum absolute atomic E-state index is 13.6. The van der Waals surface area contributed by atoms with Crippen LogP contribution in [0.15, 0.2) is 36.5 Å². The minimum atomic E-state index is -0.399. The number of benzene rings is 1. The Labute approximate surface area is 123 Å². The normalized spacial score (nSPS) is 10.6. The topological polar surface area (TPSA) is 43.4 Å². The van der Waals surface area contributed by atoms with Gasteiger partial charge in [-0.2, -0.15) is 0 Å². The number of hydrogen-bond donors (Lipinski definition) is 1. The monoisotopic (exact) mass is 290 g/mol. The second-order valence-corrected chi connectivity index (χ2v) is 4.67. The predicted octanol–water partition coefficient (Wildman–Crippen LogP) is 3.06. The summed E-state index contributed by atoms with van der Waals surface area (Å²) in [6, 6.07) is 8.26. The Morgan fingerprint density at radius 1 is 1.29 bits per heavy atom. The molecule has 5 heteroatoms. The van der Waals surface area contributed by atoms with E-state index in [2.05, 4.69) is 10.3 Å². The van der Waals surface area contributed by atoms with Crippen molar-refractivity contribution in [1.82, 2.24) is 10.3 Å². The van der Waals surface area contributed by atoms with E-state index in [4.69, 9.17) is 9.47 Å². The Hall–Kier alpha value is -1.98. The van der Waals surface area contributed by atoms with Crippen LogP contribution in [0, 0.1) is 12.7 Å². The van der Waals surface area contributed by atoms with Gasteiger partial charge in [0.1, 0.15) is 0 Å². The van der Waals surface area contributed by atoms with Crippen molar-refractivity contribution in [3.8, 4) is 11.6 Å². The Balaban J connectivity index is 2.01. The van der Waals surface area contributed by atoms with Gasteiger partial charge < -0.3 is 14.8 Å². The van der Waals surface area contributed by atoms with Crippen molar-refractivity contribution in [1.29, 1.82) is 0 Å². The number of ether oxygens (including phenoxy) is 2. The third-order valence-corrected chi connectivity index (χ3v) is 2.94. The van der Waals surface area contributed by atoms with Gasteiger partial charge in [0.25, 0.3) is 0 Å². The van der Waals surface area contributed by atoms with E-state index in [1.165, 1.54) is 6.07 Å². The zero-order chi connectivity index (χ0) is 15.1. The van der Waals surface area contributed by atoms with E-state index in [1.807, 2.05) is 13.0 Å². The number of aromatic nitrogens is 1. The summed E-state index contributed by atoms with van der Waals surface area (Å²) >= 11 is 0. The fourth-order valence-electron chi connectivity index (χ4n) is 1.86. The zero-order valence-corrected chi connectivity index (χ0v) is 12.2. The minimum Gasteiger partial charge on any atom is -0.436 e. The number of halogens is 1. The summed E-state index contributed by atoms with van der Waals surface area (Å²) in [5.74, 6) is 0.198. The van der Waals surface area contributed by atoms with Crippen molar-refractivity contribution in [3.05, 3.63) is 53.5 Å². The quantitative estimate of drug-likeness (QED) is 0.796. The number of aryl methyl sites for hydroxylation is 1. The van der Waals surface area contributed by atoms with Crippen molar-refractivity contribution < 1.29 is 13.9 Å². The third kappa shape index (κ3) is 4.51. The Morgan fingerprint density at radius 3 is 2.81 bits per heavy atom. The van der Waals surface area contributed by atoms with E-state index in [-0.39, 0.29) is 5.75 Å². The van der Waals surface area contributed by atoms with Gasteiger partial charge in [-0.25, -0.2) is 9.37 Å². The second kappa shape index (κ2) is 7.71. The lowest BCUT2D eigenvalue weighted by atomic mass is 10.2. The molecule has 21 heavy (non-hydrogen) atoms. The van der Waals surface area contributed by atoms with Gasteiger partial charge in [-0.1, -0.05) is 12.1 Å². The molecule has 4 nitrogen and oxygen atoms in total. The molecular formula is C16H19FN2O2. The van der Waals surface area contributed by atoms with Gasteiger partial charge in [-0.3, -0.25) is 0 Å². The van der Waals surface area contributed by atoms with Crippen molar-refractivity contribution in [2.75, 3.05) is 20.3 Å². The average molecular weight is 290 g/mol. The Kier molecular flexibility index (Phi) is 5.66. The standard InChI is InChI=1S/C16H19FN2O2/c1-12-9-13(10-18-7-8-20-2)11-19-16(12)21-15-6-4-3-5-14(15)17/h3-6,9,11,18H,7-8,10H2,1-2H3. The summed E-state index contributed by atoms with van der Waals surface area (Å²) in [4.78, 5) is 4.25. The lowest BCUT2D eigenvalue weighted by Crippen LogP contribution is -2.18. The SMILES string of the molecule is COCCNCc1cnc(Oc2ccccc2F)c(C)c1. The average Bonchev–Trinajstić information content (AvgIpc) is 2.48. The third-order valence-electron chi connectivity index (χ3n) is 2.94. The number of methoxy groups -OCH3 is 1. The summed E-state index contributed by atoms with van der Waals surface area (Å²) in [7, 11) is 1.67. The van der Waals surface area contributed by atoms with E-state index >= 15 is 0 Å². The van der Waals surface area contributed by atoms with E-state index in [9.17, 15) is 4.39 Å². The van der Waals surface area contributed by atoms with Crippen molar-refractivity contribution in [2.24, 2.45) is 0 Å². The number of nitrogens with one attached hydrogen (secondary N) is 1. The highest BCUT2D eigenvalue weighted by Gasteiger charge is 2.07. The van der Waals surface area contributed by atoms with Crippen molar-refractivity contribution >= 4 is 0 Å². The van der Waals surface area contributed by atoms with Gasteiger partial charge in [0.15, 0.2) is 11.6 Å². The molecular weight excluding hydrogens is 271 g/mol. The maximum Gasteiger partial charge on any atom is 0.222 e. The molecule has 1 aromatic carbocycles. The molecule has 0 spiro atoms. The van der Waals surface area contributed by atoms with Crippen LogP contribution in [0.2, 0.25) is 0 Å². The molecule has 0 bridgehead atoms. The molecule has 1 N–H and O–H groups in total. The van der Waals surface area contributed by atoms with Crippen molar-refractivity contribution in [3.63, 3.8) is 0 Å². The number of nitrogens with zero attached hydrogens (tertiary/aromatic N) is 1. The second-order valence-electron chi connectivity index (χ2n) is 4.67. The predicted molar refractivity (Wildman–Crippen MR) is 79.0 cm³/mol. The first-order valence-corrected chi connectivity index (χ1v) is 6.78. The molecule has 0 aliphatic carbocycles. The fraction of sp³-hybridized carbons (Fsp3) is 0.312. The molecule has 0 unspecified atom stereocenters. The molecule has 1 aromatic heterocycles.